The summed E-state index contributed by atoms with van der Waals surface area (Å²) in [4.78, 5) is 0. The summed E-state index contributed by atoms with van der Waals surface area (Å²) in [5.41, 5.74) is 3.61. The van der Waals surface area contributed by atoms with Crippen molar-refractivity contribution in [3.63, 3.8) is 0 Å². The van der Waals surface area contributed by atoms with Crippen LogP contribution in [-0.2, 0) is 6.54 Å². The first-order chi connectivity index (χ1) is 12.6. The molecule has 2 aromatic rings. The summed E-state index contributed by atoms with van der Waals surface area (Å²) in [6.07, 6.45) is 2.48. The second kappa shape index (κ2) is 8.64. The Hall–Kier alpha value is -1.93. The van der Waals surface area contributed by atoms with Crippen molar-refractivity contribution in [1.29, 1.82) is 5.26 Å². The van der Waals surface area contributed by atoms with Crippen LogP contribution in [0.2, 0.25) is 5.02 Å². The summed E-state index contributed by atoms with van der Waals surface area (Å²) in [5.74, 6) is 0.131. The average molecular weight is 372 g/mol. The topological polar surface area (TPSA) is 47.8 Å². The van der Waals surface area contributed by atoms with Crippen LogP contribution in [0.3, 0.4) is 0 Å². The van der Waals surface area contributed by atoms with Crippen LogP contribution in [0.15, 0.2) is 30.3 Å². The van der Waals surface area contributed by atoms with Crippen LogP contribution in [0.4, 0.5) is 4.39 Å². The molecule has 0 aromatic heterocycles. The van der Waals surface area contributed by atoms with Crippen molar-refractivity contribution >= 4 is 11.6 Å². The lowest BCUT2D eigenvalue weighted by molar-refractivity contribution is 0.360. The van der Waals surface area contributed by atoms with Gasteiger partial charge in [0.15, 0.2) is 0 Å². The van der Waals surface area contributed by atoms with E-state index in [0.29, 0.717) is 23.0 Å². The van der Waals surface area contributed by atoms with E-state index in [0.717, 1.165) is 36.3 Å². The molecule has 1 saturated heterocycles. The van der Waals surface area contributed by atoms with E-state index in [1.165, 1.54) is 25.0 Å². The van der Waals surface area contributed by atoms with Crippen molar-refractivity contribution in [2.24, 2.45) is 5.92 Å². The minimum absolute atomic E-state index is 0.0421. The van der Waals surface area contributed by atoms with Crippen LogP contribution in [0.1, 0.15) is 29.5 Å². The van der Waals surface area contributed by atoms with E-state index in [1.807, 2.05) is 19.1 Å². The number of piperidine rings is 1. The molecule has 1 aliphatic heterocycles. The van der Waals surface area contributed by atoms with Crippen molar-refractivity contribution < 1.29 is 4.39 Å². The van der Waals surface area contributed by atoms with Gasteiger partial charge in [-0.1, -0.05) is 29.3 Å². The first-order valence-electron chi connectivity index (χ1n) is 8.99. The Kier molecular flexibility index (Phi) is 6.26. The third kappa shape index (κ3) is 4.42. The molecule has 0 bridgehead atoms. The normalized spacial score (nSPS) is 17.1. The summed E-state index contributed by atoms with van der Waals surface area (Å²) in [7, 11) is 0. The number of aryl methyl sites for hydroxylation is 1. The van der Waals surface area contributed by atoms with Gasteiger partial charge in [0, 0.05) is 12.1 Å². The highest BCUT2D eigenvalue weighted by Crippen LogP contribution is 2.33. The zero-order valence-electron chi connectivity index (χ0n) is 14.9. The lowest BCUT2D eigenvalue weighted by atomic mass is 9.98. The molecule has 136 valence electrons. The number of hydrogen-bond acceptors (Lipinski definition) is 3. The molecule has 0 saturated carbocycles. The van der Waals surface area contributed by atoms with Crippen LogP contribution in [0.25, 0.3) is 11.1 Å². The van der Waals surface area contributed by atoms with E-state index in [-0.39, 0.29) is 5.56 Å². The molecule has 2 aromatic carbocycles. The fraction of sp³-hybridized carbons (Fsp3) is 0.381. The average Bonchev–Trinajstić information content (AvgIpc) is 2.65. The van der Waals surface area contributed by atoms with Gasteiger partial charge in [-0.15, -0.1) is 0 Å². The van der Waals surface area contributed by atoms with Crippen molar-refractivity contribution in [3.8, 4) is 17.2 Å². The first kappa shape index (κ1) is 18.8. The van der Waals surface area contributed by atoms with Gasteiger partial charge in [0.1, 0.15) is 11.9 Å². The minimum Gasteiger partial charge on any atom is -0.316 e. The predicted molar refractivity (Wildman–Crippen MR) is 104 cm³/mol. The van der Waals surface area contributed by atoms with E-state index >= 15 is 0 Å². The Balaban J connectivity index is 1.77. The fourth-order valence-electron chi connectivity index (χ4n) is 3.47. The Morgan fingerprint density at radius 1 is 1.35 bits per heavy atom. The molecule has 2 N–H and O–H groups in total. The summed E-state index contributed by atoms with van der Waals surface area (Å²) < 4.78 is 14.0. The lowest BCUT2D eigenvalue weighted by Gasteiger charge is -2.23. The van der Waals surface area contributed by atoms with Gasteiger partial charge in [-0.05, 0) is 74.6 Å². The fourth-order valence-corrected chi connectivity index (χ4v) is 3.75. The molecule has 1 fully saturated rings. The molecule has 0 radical (unpaired) electrons. The van der Waals surface area contributed by atoms with Crippen LogP contribution in [0.5, 0.6) is 0 Å². The molecule has 3 nitrogen and oxygen atoms in total. The Labute approximate surface area is 159 Å². The second-order valence-electron chi connectivity index (χ2n) is 6.94. The number of hydrogen-bond donors (Lipinski definition) is 2. The van der Waals surface area contributed by atoms with Gasteiger partial charge in [-0.25, -0.2) is 4.39 Å². The SMILES string of the molecule is Cc1cc(CNCC2CCCNC2)c(Cl)c(-c2ccc(C#N)c(F)c2)c1. The maximum absolute atomic E-state index is 14.0. The Morgan fingerprint density at radius 2 is 2.19 bits per heavy atom. The molecule has 3 rings (SSSR count). The van der Waals surface area contributed by atoms with E-state index in [1.54, 1.807) is 6.07 Å². The van der Waals surface area contributed by atoms with Crippen molar-refractivity contribution in [3.05, 3.63) is 57.9 Å². The number of halogens is 2. The molecule has 0 amide bonds. The lowest BCUT2D eigenvalue weighted by Crippen LogP contribution is -2.35. The maximum atomic E-state index is 14.0. The van der Waals surface area contributed by atoms with Gasteiger partial charge in [-0.3, -0.25) is 0 Å². The molecular formula is C21H23ClFN3. The Bertz CT molecular complexity index is 823. The monoisotopic (exact) mass is 371 g/mol. The molecule has 5 heteroatoms. The predicted octanol–water partition coefficient (Wildman–Crippen LogP) is 4.42. The molecule has 1 aliphatic rings. The van der Waals surface area contributed by atoms with Gasteiger partial charge in [0.25, 0.3) is 0 Å². The molecular weight excluding hydrogens is 349 g/mol. The Morgan fingerprint density at radius 3 is 2.88 bits per heavy atom. The van der Waals surface area contributed by atoms with Crippen LogP contribution < -0.4 is 10.6 Å². The van der Waals surface area contributed by atoms with Gasteiger partial charge >= 0.3 is 0 Å². The van der Waals surface area contributed by atoms with Crippen LogP contribution >= 0.6 is 11.6 Å². The zero-order chi connectivity index (χ0) is 18.5. The quantitative estimate of drug-likeness (QED) is 0.818. The van der Waals surface area contributed by atoms with Crippen molar-refractivity contribution in [2.75, 3.05) is 19.6 Å². The van der Waals surface area contributed by atoms with E-state index in [9.17, 15) is 4.39 Å². The highest BCUT2D eigenvalue weighted by Gasteiger charge is 2.14. The molecule has 1 unspecified atom stereocenters. The molecule has 0 spiro atoms. The third-order valence-corrected chi connectivity index (χ3v) is 5.29. The zero-order valence-corrected chi connectivity index (χ0v) is 15.7. The number of nitrogens with one attached hydrogen (secondary N) is 2. The third-order valence-electron chi connectivity index (χ3n) is 4.84. The minimum atomic E-state index is -0.521. The highest BCUT2D eigenvalue weighted by molar-refractivity contribution is 6.34. The van der Waals surface area contributed by atoms with Gasteiger partial charge in [0.05, 0.1) is 10.6 Å². The van der Waals surface area contributed by atoms with E-state index < -0.39 is 5.82 Å². The standard InChI is InChI=1S/C21H23ClFN3/c1-14-7-18(13-26-12-15-3-2-6-25-11-15)21(22)19(8-14)16-4-5-17(10-24)20(23)9-16/h4-5,7-9,15,25-26H,2-3,6,11-13H2,1H3. The van der Waals surface area contributed by atoms with Crippen LogP contribution in [-0.4, -0.2) is 19.6 Å². The number of nitriles is 1. The second-order valence-corrected chi connectivity index (χ2v) is 7.31. The first-order valence-corrected chi connectivity index (χ1v) is 9.36. The summed E-state index contributed by atoms with van der Waals surface area (Å²) in [6, 6.07) is 10.5. The summed E-state index contributed by atoms with van der Waals surface area (Å²) in [6.45, 7) is 5.82. The van der Waals surface area contributed by atoms with Gasteiger partial charge < -0.3 is 10.6 Å². The number of rotatable bonds is 5. The molecule has 1 atom stereocenters. The summed E-state index contributed by atoms with van der Waals surface area (Å²) >= 11 is 6.62. The van der Waals surface area contributed by atoms with E-state index in [4.69, 9.17) is 16.9 Å². The summed E-state index contributed by atoms with van der Waals surface area (Å²) in [5, 5.41) is 16.5. The molecule has 0 aliphatic carbocycles. The number of nitrogens with zero attached hydrogens (tertiary/aromatic N) is 1. The molecule has 1 heterocycles. The maximum Gasteiger partial charge on any atom is 0.141 e. The van der Waals surface area contributed by atoms with Crippen LogP contribution in [0, 0.1) is 30.0 Å². The highest BCUT2D eigenvalue weighted by atomic mass is 35.5. The largest absolute Gasteiger partial charge is 0.316 e. The van der Waals surface area contributed by atoms with E-state index in [2.05, 4.69) is 16.7 Å². The molecule has 26 heavy (non-hydrogen) atoms. The van der Waals surface area contributed by atoms with Gasteiger partial charge in [-0.2, -0.15) is 5.26 Å². The van der Waals surface area contributed by atoms with Crippen molar-refractivity contribution in [2.45, 2.75) is 26.3 Å². The van der Waals surface area contributed by atoms with Gasteiger partial charge in [0.2, 0.25) is 0 Å². The smallest absolute Gasteiger partial charge is 0.141 e. The number of benzene rings is 2. The van der Waals surface area contributed by atoms with Crippen molar-refractivity contribution in [1.82, 2.24) is 10.6 Å².